The van der Waals surface area contributed by atoms with Crippen molar-refractivity contribution in [1.82, 2.24) is 54.8 Å². The summed E-state index contributed by atoms with van der Waals surface area (Å²) in [5.41, 5.74) is 9.86. The Bertz CT molecular complexity index is 5150. The summed E-state index contributed by atoms with van der Waals surface area (Å²) in [6.07, 6.45) is 13.7. The first kappa shape index (κ1) is 81.9. The number of ether oxygens (including phenoxy) is 5. The Morgan fingerprint density at radius 1 is 0.564 bits per heavy atom. The van der Waals surface area contributed by atoms with Gasteiger partial charge in [0.05, 0.1) is 95.8 Å². The zero-order chi connectivity index (χ0) is 81.1. The van der Waals surface area contributed by atoms with Crippen molar-refractivity contribution in [2.75, 3.05) is 52.7 Å². The summed E-state index contributed by atoms with van der Waals surface area (Å²) >= 11 is 6.46. The lowest BCUT2D eigenvalue weighted by Gasteiger charge is -2.40. The molecule has 8 heterocycles. The van der Waals surface area contributed by atoms with E-state index in [1.54, 1.807) is 60.0 Å². The lowest BCUT2D eigenvalue weighted by Crippen LogP contribution is -2.48. The Balaban J connectivity index is 0.546. The minimum absolute atomic E-state index is 0.0366. The van der Waals surface area contributed by atoms with E-state index in [2.05, 4.69) is 62.9 Å². The molecule has 6 aromatic heterocycles. The van der Waals surface area contributed by atoms with Gasteiger partial charge in [-0.2, -0.15) is 0 Å². The summed E-state index contributed by atoms with van der Waals surface area (Å²) in [7, 11) is 0. The van der Waals surface area contributed by atoms with Crippen molar-refractivity contribution >= 4 is 52.2 Å². The highest BCUT2D eigenvalue weighted by molar-refractivity contribution is 6.30. The van der Waals surface area contributed by atoms with E-state index in [0.29, 0.717) is 111 Å². The fourth-order valence-corrected chi connectivity index (χ4v) is 16.1. The van der Waals surface area contributed by atoms with Crippen molar-refractivity contribution in [3.8, 4) is 22.9 Å². The van der Waals surface area contributed by atoms with Crippen LogP contribution in [-0.2, 0) is 100 Å². The second-order valence-electron chi connectivity index (χ2n) is 29.9. The molecule has 1 atom stereocenters. The second kappa shape index (κ2) is 38.8. The first-order chi connectivity index (χ1) is 57.1. The maximum atomic E-state index is 15.5. The van der Waals surface area contributed by atoms with Crippen molar-refractivity contribution < 1.29 is 52.8 Å². The van der Waals surface area contributed by atoms with Crippen molar-refractivity contribution in [3.63, 3.8) is 0 Å². The molecule has 0 saturated heterocycles. The van der Waals surface area contributed by atoms with Crippen LogP contribution in [0.25, 0.3) is 22.3 Å². The van der Waals surface area contributed by atoms with Gasteiger partial charge >= 0.3 is 11.9 Å². The topological polar surface area (TPSA) is 272 Å². The first-order valence-electron chi connectivity index (χ1n) is 40.2. The molecule has 0 bridgehead atoms. The molecule has 3 aliphatic rings. The summed E-state index contributed by atoms with van der Waals surface area (Å²) < 4.78 is 30.9. The maximum absolute atomic E-state index is 15.5. The largest absolute Gasteiger partial charge is 0.494 e. The fraction of sp³-hybridized carbons (Fsp3) is 0.323. The number of fused-ring (bicyclic) bond motifs is 5. The van der Waals surface area contributed by atoms with E-state index in [4.69, 9.17) is 60.2 Å². The molecule has 117 heavy (non-hydrogen) atoms. The number of hydrogen-bond acceptors (Lipinski definition) is 19. The van der Waals surface area contributed by atoms with Gasteiger partial charge in [-0.05, 0) is 200 Å². The van der Waals surface area contributed by atoms with E-state index in [1.807, 2.05) is 122 Å². The molecule has 602 valence electrons. The van der Waals surface area contributed by atoms with Gasteiger partial charge in [0, 0.05) is 123 Å². The number of rotatable bonds is 37. The van der Waals surface area contributed by atoms with Crippen LogP contribution in [-0.4, -0.2) is 132 Å². The normalized spacial score (nSPS) is 14.6. The highest BCUT2D eigenvalue weighted by Crippen LogP contribution is 2.44. The molecule has 1 fully saturated rings. The predicted octanol–water partition coefficient (Wildman–Crippen LogP) is 13.8. The number of amides is 3. The van der Waals surface area contributed by atoms with E-state index in [1.165, 1.54) is 12.1 Å². The minimum Gasteiger partial charge on any atom is -0.494 e. The zero-order valence-electron chi connectivity index (χ0n) is 65.9. The Morgan fingerprint density at radius 2 is 1.12 bits per heavy atom. The number of esters is 2. The van der Waals surface area contributed by atoms with E-state index in [-0.39, 0.29) is 105 Å². The average Bonchev–Trinajstić information content (AvgIpc) is 1.63. The molecule has 1 saturated carbocycles. The SMILES string of the molecule is CCc1c2c(nc3ccc(OC(=O)c4ccc(C(=O)NCCOCCOCCNC(=O)c5ccc(CN(CCCCOc6cc(CN(Cc7ccccn7)Cc7ccccn7)cc(CN(Cc7ccccn7)Cc7ccccn7)c6)C(=O)C6(c7ccc(Cl)cc7)CCCCC6)cc5)cc4)cc13)-c1cc3c(c(=O)n1C2)COC(=O)[C@]3(O)CC. The lowest BCUT2D eigenvalue weighted by molar-refractivity contribution is -0.172. The molecule has 3 N–H and O–H groups in total. The third-order valence-electron chi connectivity index (χ3n) is 21.9. The monoisotopic (exact) mass is 1590 g/mol. The third kappa shape index (κ3) is 20.2. The van der Waals surface area contributed by atoms with E-state index in [9.17, 15) is 29.1 Å². The molecule has 3 amide bonds. The van der Waals surface area contributed by atoms with E-state index >= 15 is 4.79 Å². The summed E-state index contributed by atoms with van der Waals surface area (Å²) in [5.74, 6) is -0.891. The third-order valence-corrected chi connectivity index (χ3v) is 22.2. The van der Waals surface area contributed by atoms with Gasteiger partial charge in [-0.25, -0.2) is 14.6 Å². The molecule has 1 aliphatic carbocycles. The van der Waals surface area contributed by atoms with Gasteiger partial charge < -0.3 is 48.9 Å². The fourth-order valence-electron chi connectivity index (χ4n) is 15.9. The van der Waals surface area contributed by atoms with Crippen LogP contribution in [0.1, 0.15) is 164 Å². The van der Waals surface area contributed by atoms with Crippen LogP contribution >= 0.6 is 11.6 Å². The highest BCUT2D eigenvalue weighted by atomic mass is 35.5. The van der Waals surface area contributed by atoms with Crippen LogP contribution in [0.3, 0.4) is 0 Å². The number of nitrogens with zero attached hydrogens (tertiary/aromatic N) is 9. The number of hydrogen-bond donors (Lipinski definition) is 3. The van der Waals surface area contributed by atoms with Crippen molar-refractivity contribution in [2.24, 2.45) is 0 Å². The highest BCUT2D eigenvalue weighted by Gasteiger charge is 2.46. The molecule has 0 radical (unpaired) electrons. The number of aryl methyl sites for hydroxylation is 1. The molecule has 14 rings (SSSR count). The Labute approximate surface area is 685 Å². The number of benzene rings is 5. The number of nitrogens with one attached hydrogen (secondary N) is 2. The maximum Gasteiger partial charge on any atom is 0.343 e. The van der Waals surface area contributed by atoms with Gasteiger partial charge in [-0.3, -0.25) is 48.9 Å². The molecule has 0 spiro atoms. The summed E-state index contributed by atoms with van der Waals surface area (Å²) in [6.45, 7) is 10.1. The van der Waals surface area contributed by atoms with Gasteiger partial charge in [0.15, 0.2) is 5.60 Å². The molecular formula is C93H96ClN11O12. The number of aromatic nitrogens is 6. The summed E-state index contributed by atoms with van der Waals surface area (Å²) in [4.78, 5) is 112. The van der Waals surface area contributed by atoms with Crippen molar-refractivity contribution in [3.05, 3.63) is 312 Å². The van der Waals surface area contributed by atoms with Crippen LogP contribution in [0.15, 0.2) is 218 Å². The van der Waals surface area contributed by atoms with Crippen LogP contribution in [0, 0.1) is 0 Å². The standard InChI is InChI=1S/C93H96ClN11O12/c1-3-78-79-53-76(34-35-83(79)101-85-80(78)62-105-84(85)54-82-81(88(105)108)63-116-91(111)93(82,112)4-2)117-89(109)69-28-26-68(27-29-69)87(107)100-43-47-114-49-48-113-46-42-99-86(106)67-24-22-64(23-25-67)57-104(90(110)92(36-10-5-11-37-92)70-30-32-71(94)33-31-70)44-16-17-45-115-77-51-65(55-102(58-72-18-6-12-38-95-72)59-73-19-7-13-39-96-73)50-66(52-77)56-103(60-74-20-8-14-40-97-74)61-75-21-9-15-41-98-75/h6-9,12-15,18-35,38-41,50-54,112H,3-5,10-11,16-17,36-37,42-49,55-63H2,1-2H3,(H,99,106)(H,100,107)/t93-/m0/s1. The molecule has 23 nitrogen and oxygen atoms in total. The van der Waals surface area contributed by atoms with E-state index in [0.717, 1.165) is 99.4 Å². The molecule has 5 aromatic carbocycles. The molecular weight excluding hydrogens is 1500 g/mol. The number of carbonyl (C=O) groups excluding carboxylic acids is 5. The van der Waals surface area contributed by atoms with Crippen molar-refractivity contribution in [2.45, 2.75) is 142 Å². The van der Waals surface area contributed by atoms with Gasteiger partial charge in [0.2, 0.25) is 5.91 Å². The molecule has 2 aliphatic heterocycles. The number of cyclic esters (lactones) is 1. The predicted molar refractivity (Wildman–Crippen MR) is 444 cm³/mol. The molecule has 11 aromatic rings. The van der Waals surface area contributed by atoms with Gasteiger partial charge in [0.1, 0.15) is 18.1 Å². The number of unbranched alkanes of at least 4 members (excludes halogenated alkanes) is 1. The quantitative estimate of drug-likeness (QED) is 0.0185. The summed E-state index contributed by atoms with van der Waals surface area (Å²) in [6, 6.07) is 58.7. The Morgan fingerprint density at radius 3 is 1.66 bits per heavy atom. The van der Waals surface area contributed by atoms with Gasteiger partial charge in [-0.1, -0.05) is 99.3 Å². The number of halogens is 1. The van der Waals surface area contributed by atoms with Crippen LogP contribution in [0.5, 0.6) is 11.5 Å². The Hall–Kier alpha value is -11.7. The summed E-state index contributed by atoms with van der Waals surface area (Å²) in [5, 5.41) is 18.5. The number of carbonyl (C=O) groups is 5. The molecule has 0 unspecified atom stereocenters. The van der Waals surface area contributed by atoms with Crippen molar-refractivity contribution in [1.29, 1.82) is 0 Å². The zero-order valence-corrected chi connectivity index (χ0v) is 66.7. The number of pyridine rings is 6. The van der Waals surface area contributed by atoms with Gasteiger partial charge in [-0.15, -0.1) is 0 Å². The smallest absolute Gasteiger partial charge is 0.343 e. The van der Waals surface area contributed by atoms with Crippen LogP contribution < -0.4 is 25.7 Å². The first-order valence-corrected chi connectivity index (χ1v) is 40.6. The van der Waals surface area contributed by atoms with E-state index < -0.39 is 23.0 Å². The average molecular weight is 1600 g/mol. The van der Waals surface area contributed by atoms with Crippen LogP contribution in [0.2, 0.25) is 5.02 Å². The lowest BCUT2D eigenvalue weighted by atomic mass is 9.68. The Kier molecular flexibility index (Phi) is 27.2. The second-order valence-corrected chi connectivity index (χ2v) is 30.4. The van der Waals surface area contributed by atoms with Gasteiger partial charge in [0.25, 0.3) is 17.4 Å². The molecule has 24 heteroatoms. The minimum atomic E-state index is -1.94. The van der Waals surface area contributed by atoms with Crippen LogP contribution in [0.4, 0.5) is 0 Å². The number of aliphatic hydroxyl groups is 1.